The Balaban J connectivity index is 1.17. The van der Waals surface area contributed by atoms with Crippen molar-refractivity contribution in [3.8, 4) is 5.75 Å². The third-order valence-corrected chi connectivity index (χ3v) is 7.92. The summed E-state index contributed by atoms with van der Waals surface area (Å²) in [6.45, 7) is 4.29. The normalized spacial score (nSPS) is 29.9. The van der Waals surface area contributed by atoms with E-state index < -0.39 is 0 Å². The molecule has 4 bridgehead atoms. The number of carbonyl (C=O) groups excluding carboxylic acids is 1. The van der Waals surface area contributed by atoms with Gasteiger partial charge in [-0.05, 0) is 87.3 Å². The van der Waals surface area contributed by atoms with Crippen molar-refractivity contribution in [1.82, 2.24) is 10.2 Å². The summed E-state index contributed by atoms with van der Waals surface area (Å²) < 4.78 is 11.5. The van der Waals surface area contributed by atoms with E-state index in [2.05, 4.69) is 16.3 Å². The lowest BCUT2D eigenvalue weighted by Crippen LogP contribution is -2.50. The maximum Gasteiger partial charge on any atom is 0.277 e. The molecule has 1 aromatic heterocycles. The molecule has 4 fully saturated rings. The van der Waals surface area contributed by atoms with Crippen molar-refractivity contribution in [2.75, 3.05) is 5.75 Å². The van der Waals surface area contributed by atoms with Gasteiger partial charge in [0.15, 0.2) is 6.61 Å². The molecule has 0 N–H and O–H groups in total. The van der Waals surface area contributed by atoms with Crippen LogP contribution in [-0.2, 0) is 11.4 Å². The highest BCUT2D eigenvalue weighted by Crippen LogP contribution is 2.60. The Morgan fingerprint density at radius 3 is 2.52 bits per heavy atom. The van der Waals surface area contributed by atoms with Crippen LogP contribution in [0.5, 0.6) is 5.75 Å². The first-order chi connectivity index (χ1) is 14.0. The molecule has 4 aliphatic carbocycles. The van der Waals surface area contributed by atoms with Crippen LogP contribution >= 0.6 is 11.8 Å². The second kappa shape index (κ2) is 7.46. The molecule has 0 saturated heterocycles. The Labute approximate surface area is 176 Å². The van der Waals surface area contributed by atoms with Crippen LogP contribution in [0.4, 0.5) is 0 Å². The maximum absolute atomic E-state index is 13.1. The van der Waals surface area contributed by atoms with Crippen LogP contribution in [0.1, 0.15) is 55.5 Å². The third-order valence-electron chi connectivity index (χ3n) is 7.10. The van der Waals surface area contributed by atoms with Gasteiger partial charge >= 0.3 is 0 Å². The van der Waals surface area contributed by atoms with Gasteiger partial charge < -0.3 is 9.15 Å². The number of ether oxygens (including phenoxy) is 1. The molecule has 4 aliphatic rings. The molecule has 0 atom stereocenters. The number of hydrogen-bond donors (Lipinski definition) is 0. The summed E-state index contributed by atoms with van der Waals surface area (Å²) in [4.78, 5) is 13.1. The fourth-order valence-corrected chi connectivity index (χ4v) is 6.90. The topological polar surface area (TPSA) is 65.2 Å². The number of aromatic nitrogens is 2. The van der Waals surface area contributed by atoms with Crippen LogP contribution in [0, 0.1) is 37.0 Å². The fourth-order valence-electron chi connectivity index (χ4n) is 6.09. The molecule has 2 aromatic rings. The minimum absolute atomic E-state index is 0.0591. The monoisotopic (exact) mass is 412 g/mol. The van der Waals surface area contributed by atoms with Crippen molar-refractivity contribution in [2.45, 2.75) is 64.2 Å². The van der Waals surface area contributed by atoms with E-state index in [1.807, 2.05) is 26.0 Å². The van der Waals surface area contributed by atoms with Gasteiger partial charge in [0.25, 0.3) is 11.1 Å². The van der Waals surface area contributed by atoms with Crippen molar-refractivity contribution in [3.05, 3.63) is 35.2 Å². The Bertz CT molecular complexity index is 887. The predicted molar refractivity (Wildman–Crippen MR) is 111 cm³/mol. The van der Waals surface area contributed by atoms with Crippen LogP contribution in [0.2, 0.25) is 0 Å². The summed E-state index contributed by atoms with van der Waals surface area (Å²) in [6.07, 6.45) is 7.39. The van der Waals surface area contributed by atoms with Gasteiger partial charge in [-0.3, -0.25) is 4.79 Å². The molecule has 0 spiro atoms. The SMILES string of the molecule is Cc1ccc(C)c(OCc2nnc(SCC(=O)C34CC5CC(CC(C5)C3)C4)o2)c1. The number of benzene rings is 1. The molecule has 29 heavy (non-hydrogen) atoms. The molecular weight excluding hydrogens is 384 g/mol. The van der Waals surface area contributed by atoms with Crippen molar-refractivity contribution < 1.29 is 13.9 Å². The Morgan fingerprint density at radius 2 is 1.83 bits per heavy atom. The maximum atomic E-state index is 13.1. The zero-order valence-corrected chi connectivity index (χ0v) is 18.0. The summed E-state index contributed by atoms with van der Waals surface area (Å²) in [7, 11) is 0. The average molecular weight is 413 g/mol. The van der Waals surface area contributed by atoms with E-state index in [0.29, 0.717) is 22.6 Å². The second-order valence-corrected chi connectivity index (χ2v) is 10.4. The van der Waals surface area contributed by atoms with Gasteiger partial charge in [0.05, 0.1) is 5.75 Å². The lowest BCUT2D eigenvalue weighted by Gasteiger charge is -2.55. The van der Waals surface area contributed by atoms with Gasteiger partial charge in [-0.1, -0.05) is 23.9 Å². The summed E-state index contributed by atoms with van der Waals surface area (Å²) in [6, 6.07) is 6.10. The van der Waals surface area contributed by atoms with Crippen LogP contribution < -0.4 is 4.74 Å². The number of thioether (sulfide) groups is 1. The van der Waals surface area contributed by atoms with Gasteiger partial charge in [-0.15, -0.1) is 10.2 Å². The minimum Gasteiger partial charge on any atom is -0.484 e. The second-order valence-electron chi connectivity index (χ2n) is 9.43. The molecule has 6 rings (SSSR count). The van der Waals surface area contributed by atoms with E-state index in [4.69, 9.17) is 9.15 Å². The molecule has 0 amide bonds. The molecule has 0 aliphatic heterocycles. The third kappa shape index (κ3) is 3.83. The standard InChI is InChI=1S/C23H28N2O3S/c1-14-3-4-15(2)19(5-14)27-12-21-24-25-22(28-21)29-13-20(26)23-9-16-6-17(10-23)8-18(7-16)11-23/h3-5,16-18H,6-13H2,1-2H3. The van der Waals surface area contributed by atoms with Crippen molar-refractivity contribution in [1.29, 1.82) is 0 Å². The number of nitrogens with zero attached hydrogens (tertiary/aromatic N) is 2. The van der Waals surface area contributed by atoms with E-state index in [-0.39, 0.29) is 12.0 Å². The first-order valence-electron chi connectivity index (χ1n) is 10.7. The molecule has 5 nitrogen and oxygen atoms in total. The number of Topliss-reactive ketones (excluding diaryl/α,β-unsaturated/α-hetero) is 1. The predicted octanol–water partition coefficient (Wildman–Crippen LogP) is 5.14. The molecule has 0 radical (unpaired) electrons. The zero-order valence-electron chi connectivity index (χ0n) is 17.1. The highest BCUT2D eigenvalue weighted by atomic mass is 32.2. The molecule has 154 valence electrons. The summed E-state index contributed by atoms with van der Waals surface area (Å²) >= 11 is 1.38. The largest absolute Gasteiger partial charge is 0.484 e. The lowest BCUT2D eigenvalue weighted by atomic mass is 9.48. The zero-order chi connectivity index (χ0) is 20.0. The Morgan fingerprint density at radius 1 is 1.14 bits per heavy atom. The van der Waals surface area contributed by atoms with E-state index in [1.165, 1.54) is 31.0 Å². The molecule has 1 aromatic carbocycles. The first kappa shape index (κ1) is 19.2. The number of ketones is 1. The molecule has 1 heterocycles. The number of hydrogen-bond acceptors (Lipinski definition) is 6. The van der Waals surface area contributed by atoms with Crippen molar-refractivity contribution in [2.24, 2.45) is 23.2 Å². The van der Waals surface area contributed by atoms with E-state index in [1.54, 1.807) is 0 Å². The van der Waals surface area contributed by atoms with E-state index in [0.717, 1.165) is 53.9 Å². The summed E-state index contributed by atoms with van der Waals surface area (Å²) in [5, 5.41) is 8.64. The summed E-state index contributed by atoms with van der Waals surface area (Å²) in [5.74, 6) is 4.45. The first-order valence-corrected chi connectivity index (χ1v) is 11.7. The van der Waals surface area contributed by atoms with Crippen molar-refractivity contribution in [3.63, 3.8) is 0 Å². The minimum atomic E-state index is -0.0591. The quantitative estimate of drug-likeness (QED) is 0.587. The smallest absolute Gasteiger partial charge is 0.277 e. The number of rotatable bonds is 7. The number of carbonyl (C=O) groups is 1. The van der Waals surface area contributed by atoms with E-state index >= 15 is 0 Å². The molecule has 0 unspecified atom stereocenters. The Kier molecular flexibility index (Phi) is 4.93. The molecule has 6 heteroatoms. The Hall–Kier alpha value is -1.82. The van der Waals surface area contributed by atoms with Crippen LogP contribution in [0.15, 0.2) is 27.8 Å². The fraction of sp³-hybridized carbons (Fsp3) is 0.609. The van der Waals surface area contributed by atoms with Gasteiger partial charge in [-0.25, -0.2) is 0 Å². The van der Waals surface area contributed by atoms with E-state index in [9.17, 15) is 4.79 Å². The lowest BCUT2D eigenvalue weighted by molar-refractivity contribution is -0.141. The van der Waals surface area contributed by atoms with Gasteiger partial charge in [0, 0.05) is 5.41 Å². The summed E-state index contributed by atoms with van der Waals surface area (Å²) in [5.41, 5.74) is 2.16. The highest BCUT2D eigenvalue weighted by Gasteiger charge is 2.54. The van der Waals surface area contributed by atoms with Gasteiger partial charge in [0.1, 0.15) is 11.5 Å². The highest BCUT2D eigenvalue weighted by molar-refractivity contribution is 7.99. The van der Waals surface area contributed by atoms with Gasteiger partial charge in [0.2, 0.25) is 0 Å². The van der Waals surface area contributed by atoms with Crippen LogP contribution in [0.3, 0.4) is 0 Å². The average Bonchev–Trinajstić information content (AvgIpc) is 3.13. The van der Waals surface area contributed by atoms with Crippen LogP contribution in [0.25, 0.3) is 0 Å². The molecule has 4 saturated carbocycles. The van der Waals surface area contributed by atoms with Gasteiger partial charge in [-0.2, -0.15) is 0 Å². The van der Waals surface area contributed by atoms with Crippen LogP contribution in [-0.4, -0.2) is 21.7 Å². The molecular formula is C23H28N2O3S. The van der Waals surface area contributed by atoms with Crippen molar-refractivity contribution >= 4 is 17.5 Å². The number of aryl methyl sites for hydroxylation is 2.